The van der Waals surface area contributed by atoms with Crippen molar-refractivity contribution in [3.63, 3.8) is 0 Å². The molecule has 0 radical (unpaired) electrons. The van der Waals surface area contributed by atoms with E-state index in [0.29, 0.717) is 24.4 Å². The Bertz CT molecular complexity index is 645. The van der Waals surface area contributed by atoms with E-state index < -0.39 is 17.2 Å². The van der Waals surface area contributed by atoms with E-state index in [1.54, 1.807) is 0 Å². The molecule has 124 valence electrons. The summed E-state index contributed by atoms with van der Waals surface area (Å²) < 4.78 is 37.5. The smallest absolute Gasteiger partial charge is 0.320 e. The number of aromatic nitrogens is 2. The van der Waals surface area contributed by atoms with Crippen molar-refractivity contribution in [2.75, 3.05) is 11.9 Å². The van der Waals surface area contributed by atoms with Gasteiger partial charge in [0, 0.05) is 13.1 Å². The zero-order chi connectivity index (χ0) is 16.9. The molecule has 2 amide bonds. The Morgan fingerprint density at radius 2 is 1.96 bits per heavy atom. The first-order valence-corrected chi connectivity index (χ1v) is 7.72. The van der Waals surface area contributed by atoms with Crippen LogP contribution in [0.4, 0.5) is 23.1 Å². The predicted molar refractivity (Wildman–Crippen MR) is 81.1 cm³/mol. The first-order valence-electron chi connectivity index (χ1n) is 6.90. The summed E-state index contributed by atoms with van der Waals surface area (Å²) >= 11 is 0.304. The summed E-state index contributed by atoms with van der Waals surface area (Å²) in [6.07, 6.45) is -3.84. The fourth-order valence-corrected chi connectivity index (χ4v) is 2.49. The molecule has 1 aromatic heterocycles. The minimum Gasteiger partial charge on any atom is -0.320 e. The Balaban J connectivity index is 2.04. The molecule has 0 saturated heterocycles. The average Bonchev–Trinajstić information content (AvgIpc) is 2.96. The van der Waals surface area contributed by atoms with Crippen molar-refractivity contribution in [1.29, 1.82) is 0 Å². The van der Waals surface area contributed by atoms with E-state index in [1.807, 2.05) is 37.3 Å². The highest BCUT2D eigenvalue weighted by molar-refractivity contribution is 7.15. The van der Waals surface area contributed by atoms with Gasteiger partial charge in [0.2, 0.25) is 10.1 Å². The van der Waals surface area contributed by atoms with Crippen LogP contribution < -0.4 is 5.32 Å². The fourth-order valence-electron chi connectivity index (χ4n) is 1.88. The number of benzene rings is 1. The third-order valence-corrected chi connectivity index (χ3v) is 3.76. The molecule has 0 aliphatic heterocycles. The molecule has 1 aromatic carbocycles. The molecular formula is C14H15F3N4OS. The second-order valence-corrected chi connectivity index (χ2v) is 5.72. The van der Waals surface area contributed by atoms with E-state index in [2.05, 4.69) is 15.5 Å². The van der Waals surface area contributed by atoms with Gasteiger partial charge in [-0.2, -0.15) is 13.2 Å². The van der Waals surface area contributed by atoms with Gasteiger partial charge in [0.25, 0.3) is 0 Å². The van der Waals surface area contributed by atoms with Crippen LogP contribution in [0.3, 0.4) is 0 Å². The number of rotatable bonds is 5. The monoisotopic (exact) mass is 344 g/mol. The summed E-state index contributed by atoms with van der Waals surface area (Å²) in [5.74, 6) is 0. The zero-order valence-corrected chi connectivity index (χ0v) is 13.1. The number of nitrogens with one attached hydrogen (secondary N) is 1. The van der Waals surface area contributed by atoms with E-state index in [-0.39, 0.29) is 5.13 Å². The van der Waals surface area contributed by atoms with Crippen molar-refractivity contribution < 1.29 is 18.0 Å². The van der Waals surface area contributed by atoms with Crippen LogP contribution in [0.25, 0.3) is 0 Å². The van der Waals surface area contributed by atoms with Crippen LogP contribution in [-0.2, 0) is 12.7 Å². The van der Waals surface area contributed by atoms with Crippen molar-refractivity contribution in [2.45, 2.75) is 26.1 Å². The molecule has 0 bridgehead atoms. The van der Waals surface area contributed by atoms with Crippen LogP contribution in [-0.4, -0.2) is 27.7 Å². The molecule has 0 aliphatic rings. The molecule has 2 rings (SSSR count). The van der Waals surface area contributed by atoms with Gasteiger partial charge >= 0.3 is 12.2 Å². The normalized spacial score (nSPS) is 11.3. The number of hydrogen-bond donors (Lipinski definition) is 1. The molecule has 0 atom stereocenters. The Morgan fingerprint density at radius 3 is 2.52 bits per heavy atom. The molecule has 5 nitrogen and oxygen atoms in total. The number of alkyl halides is 3. The number of anilines is 1. The second kappa shape index (κ2) is 7.40. The number of carbonyl (C=O) groups excluding carboxylic acids is 1. The lowest BCUT2D eigenvalue weighted by molar-refractivity contribution is -0.138. The minimum atomic E-state index is -4.56. The van der Waals surface area contributed by atoms with Gasteiger partial charge in [-0.05, 0) is 12.0 Å². The summed E-state index contributed by atoms with van der Waals surface area (Å²) in [4.78, 5) is 13.8. The van der Waals surface area contributed by atoms with Gasteiger partial charge < -0.3 is 4.90 Å². The van der Waals surface area contributed by atoms with Gasteiger partial charge in [0.05, 0.1) is 0 Å². The van der Waals surface area contributed by atoms with Crippen molar-refractivity contribution in [3.05, 3.63) is 40.9 Å². The van der Waals surface area contributed by atoms with Crippen LogP contribution >= 0.6 is 11.3 Å². The molecule has 0 saturated carbocycles. The second-order valence-electron chi connectivity index (χ2n) is 4.75. The van der Waals surface area contributed by atoms with Crippen LogP contribution in [0.15, 0.2) is 30.3 Å². The Hall–Kier alpha value is -2.16. The summed E-state index contributed by atoms with van der Waals surface area (Å²) in [7, 11) is 0. The first-order chi connectivity index (χ1) is 10.9. The number of amides is 2. The highest BCUT2D eigenvalue weighted by atomic mass is 32.1. The third-order valence-electron chi connectivity index (χ3n) is 2.88. The van der Waals surface area contributed by atoms with Crippen molar-refractivity contribution in [3.8, 4) is 0 Å². The number of urea groups is 1. The van der Waals surface area contributed by atoms with E-state index >= 15 is 0 Å². The molecular weight excluding hydrogens is 329 g/mol. The molecule has 1 N–H and O–H groups in total. The summed E-state index contributed by atoms with van der Waals surface area (Å²) in [6.45, 7) is 2.76. The molecule has 23 heavy (non-hydrogen) atoms. The van der Waals surface area contributed by atoms with E-state index in [1.165, 1.54) is 4.90 Å². The van der Waals surface area contributed by atoms with Crippen LogP contribution in [0.1, 0.15) is 23.9 Å². The lowest BCUT2D eigenvalue weighted by atomic mass is 10.2. The molecule has 2 aromatic rings. The van der Waals surface area contributed by atoms with Crippen molar-refractivity contribution in [1.82, 2.24) is 15.1 Å². The number of carbonyl (C=O) groups is 1. The molecule has 0 aliphatic carbocycles. The van der Waals surface area contributed by atoms with Crippen molar-refractivity contribution >= 4 is 22.5 Å². The van der Waals surface area contributed by atoms with E-state index in [0.717, 1.165) is 12.0 Å². The van der Waals surface area contributed by atoms with E-state index in [4.69, 9.17) is 0 Å². The maximum absolute atomic E-state index is 12.5. The predicted octanol–water partition coefficient (Wildman–Crippen LogP) is 4.00. The molecule has 0 fully saturated rings. The molecule has 0 spiro atoms. The summed E-state index contributed by atoms with van der Waals surface area (Å²) in [5, 5.41) is 7.52. The van der Waals surface area contributed by atoms with Crippen LogP contribution in [0.5, 0.6) is 0 Å². The Morgan fingerprint density at radius 1 is 1.26 bits per heavy atom. The zero-order valence-electron chi connectivity index (χ0n) is 12.3. The van der Waals surface area contributed by atoms with Gasteiger partial charge in [-0.1, -0.05) is 48.6 Å². The standard InChI is InChI=1S/C14H15F3N4OS/c1-2-8-21(9-10-6-4-3-5-7-10)13(22)18-12-20-19-11(23-12)14(15,16)17/h3-7H,2,8-9H2,1H3,(H,18,20,22). The maximum Gasteiger partial charge on any atom is 0.445 e. The third kappa shape index (κ3) is 4.92. The topological polar surface area (TPSA) is 58.1 Å². The number of nitrogens with zero attached hydrogens (tertiary/aromatic N) is 3. The molecule has 0 unspecified atom stereocenters. The highest BCUT2D eigenvalue weighted by Crippen LogP contribution is 2.33. The van der Waals surface area contributed by atoms with Crippen LogP contribution in [0.2, 0.25) is 0 Å². The number of halogens is 3. The molecule has 1 heterocycles. The molecule has 9 heteroatoms. The van der Waals surface area contributed by atoms with Crippen molar-refractivity contribution in [2.24, 2.45) is 0 Å². The highest BCUT2D eigenvalue weighted by Gasteiger charge is 2.36. The minimum absolute atomic E-state index is 0.170. The van der Waals surface area contributed by atoms with Crippen LogP contribution in [0, 0.1) is 0 Å². The lowest BCUT2D eigenvalue weighted by Crippen LogP contribution is -2.35. The van der Waals surface area contributed by atoms with Gasteiger partial charge in [-0.25, -0.2) is 4.79 Å². The number of hydrogen-bond acceptors (Lipinski definition) is 4. The van der Waals surface area contributed by atoms with E-state index in [9.17, 15) is 18.0 Å². The lowest BCUT2D eigenvalue weighted by Gasteiger charge is -2.21. The SMILES string of the molecule is CCCN(Cc1ccccc1)C(=O)Nc1nnc(C(F)(F)F)s1. The Labute approximate surface area is 135 Å². The Kier molecular flexibility index (Phi) is 5.54. The quantitative estimate of drug-likeness (QED) is 0.892. The summed E-state index contributed by atoms with van der Waals surface area (Å²) in [5.41, 5.74) is 0.935. The maximum atomic E-state index is 12.5. The fraction of sp³-hybridized carbons (Fsp3) is 0.357. The average molecular weight is 344 g/mol. The first kappa shape index (κ1) is 17.2. The van der Waals surface area contributed by atoms with Gasteiger partial charge in [0.1, 0.15) is 0 Å². The van der Waals surface area contributed by atoms with Gasteiger partial charge in [-0.15, -0.1) is 10.2 Å². The van der Waals surface area contributed by atoms with Gasteiger partial charge in [-0.3, -0.25) is 5.32 Å². The summed E-state index contributed by atoms with van der Waals surface area (Å²) in [6, 6.07) is 8.84. The van der Waals surface area contributed by atoms with Gasteiger partial charge in [0.15, 0.2) is 0 Å². The largest absolute Gasteiger partial charge is 0.445 e.